The zero-order chi connectivity index (χ0) is 11.8. The molecule has 0 aliphatic carbocycles. The number of hydrogen-bond acceptors (Lipinski definition) is 3. The fourth-order valence-electron chi connectivity index (χ4n) is 1.48. The molecule has 1 rings (SSSR count). The van der Waals surface area contributed by atoms with Gasteiger partial charge in [-0.15, -0.1) is 0 Å². The molecule has 0 fully saturated rings. The smallest absolute Gasteiger partial charge is 0.0667 e. The summed E-state index contributed by atoms with van der Waals surface area (Å²) in [6.07, 6.45) is 1.28. The van der Waals surface area contributed by atoms with Gasteiger partial charge in [0.05, 0.1) is 12.7 Å². The minimum atomic E-state index is -0.353. The summed E-state index contributed by atoms with van der Waals surface area (Å²) in [6, 6.07) is 10.2. The summed E-state index contributed by atoms with van der Waals surface area (Å²) >= 11 is 0. The van der Waals surface area contributed by atoms with Gasteiger partial charge in [0, 0.05) is 12.6 Å². The van der Waals surface area contributed by atoms with Crippen molar-refractivity contribution in [1.82, 2.24) is 5.32 Å². The molecular formula is C13H21NO2. The third kappa shape index (κ3) is 5.26. The Balaban J connectivity index is 2.18. The molecule has 0 heterocycles. The lowest BCUT2D eigenvalue weighted by Gasteiger charge is -2.15. The largest absolute Gasteiger partial charge is 0.395 e. The van der Waals surface area contributed by atoms with Crippen LogP contribution in [0.15, 0.2) is 30.3 Å². The Hall–Kier alpha value is -0.900. The molecule has 0 unspecified atom stereocenters. The average Bonchev–Trinajstić information content (AvgIpc) is 2.34. The van der Waals surface area contributed by atoms with E-state index in [1.54, 1.807) is 0 Å². The average molecular weight is 223 g/mol. The molecule has 0 radical (unpaired) electrons. The van der Waals surface area contributed by atoms with Crippen LogP contribution in [0.5, 0.6) is 0 Å². The van der Waals surface area contributed by atoms with Crippen molar-refractivity contribution in [1.29, 1.82) is 0 Å². The van der Waals surface area contributed by atoms with Crippen molar-refractivity contribution in [2.45, 2.75) is 31.9 Å². The van der Waals surface area contributed by atoms with Gasteiger partial charge >= 0.3 is 0 Å². The molecule has 0 aliphatic heterocycles. The van der Waals surface area contributed by atoms with Crippen LogP contribution in [-0.4, -0.2) is 35.5 Å². The first kappa shape index (κ1) is 13.2. The SMILES string of the molecule is C[C@@H](CO)NC[C@H](O)CCc1ccccc1. The quantitative estimate of drug-likeness (QED) is 0.645. The summed E-state index contributed by atoms with van der Waals surface area (Å²) in [7, 11) is 0. The topological polar surface area (TPSA) is 52.5 Å². The molecule has 3 N–H and O–H groups in total. The highest BCUT2D eigenvalue weighted by atomic mass is 16.3. The summed E-state index contributed by atoms with van der Waals surface area (Å²) in [6.45, 7) is 2.53. The van der Waals surface area contributed by atoms with Gasteiger partial charge in [0.2, 0.25) is 0 Å². The molecule has 1 aromatic rings. The zero-order valence-corrected chi connectivity index (χ0v) is 9.76. The lowest BCUT2D eigenvalue weighted by atomic mass is 10.1. The van der Waals surface area contributed by atoms with Crippen LogP contribution < -0.4 is 5.32 Å². The first-order valence-corrected chi connectivity index (χ1v) is 5.78. The molecule has 0 saturated carbocycles. The lowest BCUT2D eigenvalue weighted by molar-refractivity contribution is 0.151. The zero-order valence-electron chi connectivity index (χ0n) is 9.76. The molecule has 0 amide bonds. The Morgan fingerprint density at radius 1 is 1.25 bits per heavy atom. The van der Waals surface area contributed by atoms with Gasteiger partial charge in [-0.25, -0.2) is 0 Å². The number of aliphatic hydroxyl groups is 2. The summed E-state index contributed by atoms with van der Waals surface area (Å²) < 4.78 is 0. The van der Waals surface area contributed by atoms with E-state index in [2.05, 4.69) is 17.4 Å². The van der Waals surface area contributed by atoms with Crippen molar-refractivity contribution >= 4 is 0 Å². The molecule has 0 bridgehead atoms. The van der Waals surface area contributed by atoms with Crippen molar-refractivity contribution in [2.24, 2.45) is 0 Å². The number of benzene rings is 1. The van der Waals surface area contributed by atoms with Gasteiger partial charge in [0.25, 0.3) is 0 Å². The molecule has 1 aromatic carbocycles. The Labute approximate surface area is 97.1 Å². The van der Waals surface area contributed by atoms with Crippen molar-refractivity contribution in [3.05, 3.63) is 35.9 Å². The molecule has 0 spiro atoms. The van der Waals surface area contributed by atoms with E-state index in [9.17, 15) is 5.11 Å². The van der Waals surface area contributed by atoms with Crippen LogP contribution in [0.3, 0.4) is 0 Å². The number of aliphatic hydroxyl groups excluding tert-OH is 2. The highest BCUT2D eigenvalue weighted by Gasteiger charge is 2.06. The fourth-order valence-corrected chi connectivity index (χ4v) is 1.48. The number of aryl methyl sites for hydroxylation is 1. The summed E-state index contributed by atoms with van der Waals surface area (Å²) in [5.74, 6) is 0. The van der Waals surface area contributed by atoms with E-state index in [-0.39, 0.29) is 18.8 Å². The Bertz CT molecular complexity index is 277. The van der Waals surface area contributed by atoms with Crippen LogP contribution in [0, 0.1) is 0 Å². The summed E-state index contributed by atoms with van der Waals surface area (Å²) in [4.78, 5) is 0. The number of hydrogen-bond donors (Lipinski definition) is 3. The van der Waals surface area contributed by atoms with Gasteiger partial charge in [-0.2, -0.15) is 0 Å². The number of nitrogens with one attached hydrogen (secondary N) is 1. The predicted molar refractivity (Wildman–Crippen MR) is 65.3 cm³/mol. The van der Waals surface area contributed by atoms with Gasteiger partial charge < -0.3 is 15.5 Å². The van der Waals surface area contributed by atoms with Gasteiger partial charge in [0.15, 0.2) is 0 Å². The van der Waals surface area contributed by atoms with Crippen LogP contribution in [0.1, 0.15) is 18.9 Å². The highest BCUT2D eigenvalue weighted by Crippen LogP contribution is 2.04. The number of rotatable bonds is 7. The molecule has 90 valence electrons. The Morgan fingerprint density at radius 3 is 2.56 bits per heavy atom. The summed E-state index contributed by atoms with van der Waals surface area (Å²) in [5, 5.41) is 21.6. The predicted octanol–water partition coefficient (Wildman–Crippen LogP) is 0.950. The van der Waals surface area contributed by atoms with E-state index in [1.165, 1.54) is 5.56 Å². The molecule has 3 heteroatoms. The first-order chi connectivity index (χ1) is 7.72. The lowest BCUT2D eigenvalue weighted by Crippen LogP contribution is -2.36. The molecule has 0 aromatic heterocycles. The Kier molecular flexibility index (Phi) is 6.08. The normalized spacial score (nSPS) is 14.7. The second-order valence-electron chi connectivity index (χ2n) is 4.17. The van der Waals surface area contributed by atoms with Crippen molar-refractivity contribution < 1.29 is 10.2 Å². The van der Waals surface area contributed by atoms with E-state index < -0.39 is 0 Å². The van der Waals surface area contributed by atoms with Gasteiger partial charge in [-0.1, -0.05) is 30.3 Å². The van der Waals surface area contributed by atoms with Crippen LogP contribution in [0.2, 0.25) is 0 Å². The van der Waals surface area contributed by atoms with Crippen molar-refractivity contribution in [2.75, 3.05) is 13.2 Å². The monoisotopic (exact) mass is 223 g/mol. The molecule has 0 aliphatic rings. The van der Waals surface area contributed by atoms with E-state index in [0.717, 1.165) is 12.8 Å². The molecule has 16 heavy (non-hydrogen) atoms. The third-order valence-corrected chi connectivity index (χ3v) is 2.58. The van der Waals surface area contributed by atoms with Crippen LogP contribution in [0.25, 0.3) is 0 Å². The maximum atomic E-state index is 9.71. The van der Waals surface area contributed by atoms with Gasteiger partial charge in [0.1, 0.15) is 0 Å². The molecule has 3 nitrogen and oxygen atoms in total. The van der Waals surface area contributed by atoms with E-state index in [0.29, 0.717) is 6.54 Å². The van der Waals surface area contributed by atoms with Crippen molar-refractivity contribution in [3.8, 4) is 0 Å². The van der Waals surface area contributed by atoms with E-state index in [4.69, 9.17) is 5.11 Å². The van der Waals surface area contributed by atoms with Crippen molar-refractivity contribution in [3.63, 3.8) is 0 Å². The van der Waals surface area contributed by atoms with Crippen LogP contribution in [0.4, 0.5) is 0 Å². The second-order valence-corrected chi connectivity index (χ2v) is 4.17. The van der Waals surface area contributed by atoms with E-state index in [1.807, 2.05) is 25.1 Å². The van der Waals surface area contributed by atoms with E-state index >= 15 is 0 Å². The first-order valence-electron chi connectivity index (χ1n) is 5.78. The maximum Gasteiger partial charge on any atom is 0.0667 e. The van der Waals surface area contributed by atoms with Crippen LogP contribution in [-0.2, 0) is 6.42 Å². The highest BCUT2D eigenvalue weighted by molar-refractivity contribution is 5.14. The summed E-state index contributed by atoms with van der Waals surface area (Å²) in [5.41, 5.74) is 1.25. The standard InChI is InChI=1S/C13H21NO2/c1-11(10-15)14-9-13(16)8-7-12-5-3-2-4-6-12/h2-6,11,13-16H,7-10H2,1H3/t11-,13+/m0/s1. The minimum Gasteiger partial charge on any atom is -0.395 e. The van der Waals surface area contributed by atoms with Crippen LogP contribution >= 0.6 is 0 Å². The Morgan fingerprint density at radius 2 is 1.94 bits per heavy atom. The minimum absolute atomic E-state index is 0.0476. The maximum absolute atomic E-state index is 9.71. The van der Waals surface area contributed by atoms with Gasteiger partial charge in [-0.3, -0.25) is 0 Å². The third-order valence-electron chi connectivity index (χ3n) is 2.58. The van der Waals surface area contributed by atoms with Gasteiger partial charge in [-0.05, 0) is 25.3 Å². The second kappa shape index (κ2) is 7.39. The molecule has 0 saturated heterocycles. The fraction of sp³-hybridized carbons (Fsp3) is 0.538. The molecule has 2 atom stereocenters. The molecular weight excluding hydrogens is 202 g/mol.